The Hall–Kier alpha value is -3.40. The number of anilines is 1. The van der Waals surface area contributed by atoms with Gasteiger partial charge in [-0.15, -0.1) is 10.2 Å². The van der Waals surface area contributed by atoms with E-state index in [1.54, 1.807) is 16.7 Å². The van der Waals surface area contributed by atoms with Crippen molar-refractivity contribution in [2.75, 3.05) is 11.1 Å². The van der Waals surface area contributed by atoms with Gasteiger partial charge < -0.3 is 5.32 Å². The van der Waals surface area contributed by atoms with E-state index in [9.17, 15) is 9.59 Å². The lowest BCUT2D eigenvalue weighted by molar-refractivity contribution is -0.113. The normalized spacial score (nSPS) is 11.1. The molecule has 1 amide bonds. The highest BCUT2D eigenvalue weighted by atomic mass is 35.5. The maximum absolute atomic E-state index is 12.7. The van der Waals surface area contributed by atoms with Crippen LogP contribution in [0.3, 0.4) is 0 Å². The van der Waals surface area contributed by atoms with E-state index in [2.05, 4.69) is 15.5 Å². The number of amides is 1. The molecule has 0 unspecified atom stereocenters. The minimum absolute atomic E-state index is 0.0710. The summed E-state index contributed by atoms with van der Waals surface area (Å²) in [6, 6.07) is 24.2. The number of nitrogens with one attached hydrogen (secondary N) is 1. The molecule has 5 aromatic rings. The summed E-state index contributed by atoms with van der Waals surface area (Å²) in [5, 5.41) is 12.7. The summed E-state index contributed by atoms with van der Waals surface area (Å²) in [4.78, 5) is 25.1. The van der Waals surface area contributed by atoms with Gasteiger partial charge in [0, 0.05) is 10.7 Å². The number of aromatic nitrogens is 4. The van der Waals surface area contributed by atoms with Crippen molar-refractivity contribution in [3.05, 3.63) is 99.4 Å². The van der Waals surface area contributed by atoms with Gasteiger partial charge in [0.05, 0.1) is 28.2 Å². The second kappa shape index (κ2) is 9.84. The van der Waals surface area contributed by atoms with E-state index in [0.717, 1.165) is 21.6 Å². The van der Waals surface area contributed by atoms with Crippen LogP contribution in [0.1, 0.15) is 5.82 Å². The summed E-state index contributed by atoms with van der Waals surface area (Å²) in [5.41, 5.74) is 2.33. The van der Waals surface area contributed by atoms with Crippen LogP contribution < -0.4 is 10.2 Å². The van der Waals surface area contributed by atoms with Crippen LogP contribution in [0, 0.1) is 0 Å². The molecule has 5 rings (SSSR count). The van der Waals surface area contributed by atoms with Crippen molar-refractivity contribution in [1.82, 2.24) is 19.3 Å². The zero-order chi connectivity index (χ0) is 23.5. The van der Waals surface area contributed by atoms with Gasteiger partial charge in [0.25, 0.3) is 0 Å². The van der Waals surface area contributed by atoms with Crippen LogP contribution in [-0.2, 0) is 11.3 Å². The molecule has 0 aliphatic rings. The number of carbonyl (C=O) groups excluding carboxylic acids is 1. The van der Waals surface area contributed by atoms with Crippen molar-refractivity contribution in [3.8, 4) is 5.69 Å². The zero-order valence-corrected chi connectivity index (χ0v) is 20.1. The minimum atomic E-state index is -0.154. The molecule has 0 atom stereocenters. The van der Waals surface area contributed by atoms with Crippen LogP contribution >= 0.6 is 34.7 Å². The van der Waals surface area contributed by atoms with Gasteiger partial charge in [-0.05, 0) is 42.5 Å². The summed E-state index contributed by atoms with van der Waals surface area (Å²) in [5.74, 6) is 0.562. The number of fused-ring (bicyclic) bond motifs is 1. The van der Waals surface area contributed by atoms with Gasteiger partial charge in [0.2, 0.25) is 5.91 Å². The Morgan fingerprint density at radius 1 is 1.00 bits per heavy atom. The van der Waals surface area contributed by atoms with Gasteiger partial charge in [0.1, 0.15) is 0 Å². The molecule has 2 heterocycles. The van der Waals surface area contributed by atoms with Gasteiger partial charge in [-0.2, -0.15) is 0 Å². The number of benzene rings is 3. The fourth-order valence-electron chi connectivity index (χ4n) is 3.52. The van der Waals surface area contributed by atoms with E-state index >= 15 is 0 Å². The number of carbonyl (C=O) groups is 1. The number of nitrogens with zero attached hydrogens (tertiary/aromatic N) is 4. The molecule has 1 N–H and O–H groups in total. The van der Waals surface area contributed by atoms with Crippen molar-refractivity contribution in [3.63, 3.8) is 0 Å². The van der Waals surface area contributed by atoms with Crippen molar-refractivity contribution in [1.29, 1.82) is 0 Å². The van der Waals surface area contributed by atoms with Gasteiger partial charge in [-0.3, -0.25) is 18.7 Å². The Balaban J connectivity index is 1.46. The second-order valence-corrected chi connectivity index (χ2v) is 9.71. The maximum atomic E-state index is 12.7. The molecular weight excluding hydrogens is 490 g/mol. The van der Waals surface area contributed by atoms with Crippen LogP contribution in [0.15, 0.2) is 88.8 Å². The Morgan fingerprint density at radius 2 is 1.79 bits per heavy atom. The highest BCUT2D eigenvalue weighted by molar-refractivity contribution is 7.99. The molecule has 10 heteroatoms. The van der Waals surface area contributed by atoms with Gasteiger partial charge >= 0.3 is 4.87 Å². The zero-order valence-electron chi connectivity index (χ0n) is 17.7. The summed E-state index contributed by atoms with van der Waals surface area (Å²) in [7, 11) is 0. The lowest BCUT2D eigenvalue weighted by atomic mass is 10.3. The standard InChI is InChI=1S/C24H18ClN5O2S2/c25-16-7-6-10-18(13-16)30-21(14-29-19-11-4-5-12-20(19)34-24(29)32)27-28-23(30)33-15-22(31)26-17-8-2-1-3-9-17/h1-13H,14-15H2,(H,26,31). The number of hydrogen-bond acceptors (Lipinski definition) is 6. The molecule has 0 aliphatic heterocycles. The van der Waals surface area contributed by atoms with Crippen LogP contribution in [0.5, 0.6) is 0 Å². The van der Waals surface area contributed by atoms with Crippen molar-refractivity contribution >= 4 is 56.5 Å². The number of thioether (sulfide) groups is 1. The second-order valence-electron chi connectivity index (χ2n) is 7.34. The first-order valence-corrected chi connectivity index (χ1v) is 12.5. The molecule has 34 heavy (non-hydrogen) atoms. The Morgan fingerprint density at radius 3 is 2.62 bits per heavy atom. The molecule has 170 valence electrons. The SMILES string of the molecule is O=C(CSc1nnc(Cn2c(=O)sc3ccccc32)n1-c1cccc(Cl)c1)Nc1ccccc1. The third-order valence-corrected chi connectivity index (χ3v) is 7.15. The lowest BCUT2D eigenvalue weighted by Crippen LogP contribution is -2.17. The number of thiazole rings is 1. The first kappa shape index (κ1) is 22.4. The average Bonchev–Trinajstić information content (AvgIpc) is 3.39. The Bertz CT molecular complexity index is 1530. The molecule has 0 saturated heterocycles. The van der Waals surface area contributed by atoms with Crippen molar-refractivity contribution in [2.45, 2.75) is 11.7 Å². The molecule has 0 aliphatic carbocycles. The predicted molar refractivity (Wildman–Crippen MR) is 137 cm³/mol. The largest absolute Gasteiger partial charge is 0.325 e. The van der Waals surface area contributed by atoms with E-state index in [0.29, 0.717) is 16.0 Å². The molecule has 2 aromatic heterocycles. The third kappa shape index (κ3) is 4.77. The first-order valence-electron chi connectivity index (χ1n) is 10.3. The summed E-state index contributed by atoms with van der Waals surface area (Å²) in [6.07, 6.45) is 0. The van der Waals surface area contributed by atoms with E-state index in [-0.39, 0.29) is 23.1 Å². The minimum Gasteiger partial charge on any atom is -0.325 e. The predicted octanol–water partition coefficient (Wildman–Crippen LogP) is 5.08. The molecule has 3 aromatic carbocycles. The summed E-state index contributed by atoms with van der Waals surface area (Å²) in [6.45, 7) is 0.235. The average molecular weight is 508 g/mol. The Kier molecular flexibility index (Phi) is 6.48. The molecule has 7 nitrogen and oxygen atoms in total. The van der Waals surface area contributed by atoms with Gasteiger partial charge in [-0.25, -0.2) is 0 Å². The topological polar surface area (TPSA) is 81.8 Å². The van der Waals surface area contributed by atoms with Gasteiger partial charge in [-0.1, -0.05) is 71.1 Å². The molecular formula is C24H18ClN5O2S2. The fourth-order valence-corrected chi connectivity index (χ4v) is 5.37. The van der Waals surface area contributed by atoms with Gasteiger partial charge in [0.15, 0.2) is 11.0 Å². The van der Waals surface area contributed by atoms with Crippen molar-refractivity contribution in [2.24, 2.45) is 0 Å². The van der Waals surface area contributed by atoms with E-state index in [1.165, 1.54) is 23.1 Å². The monoisotopic (exact) mass is 507 g/mol. The van der Waals surface area contributed by atoms with E-state index in [4.69, 9.17) is 11.6 Å². The maximum Gasteiger partial charge on any atom is 0.308 e. The quantitative estimate of drug-likeness (QED) is 0.311. The smallest absolute Gasteiger partial charge is 0.308 e. The number of halogens is 1. The fraction of sp³-hybridized carbons (Fsp3) is 0.0833. The van der Waals surface area contributed by atoms with E-state index < -0.39 is 0 Å². The van der Waals surface area contributed by atoms with Crippen molar-refractivity contribution < 1.29 is 4.79 Å². The third-order valence-electron chi connectivity index (χ3n) is 5.03. The van der Waals surface area contributed by atoms with Crippen LogP contribution in [0.25, 0.3) is 15.9 Å². The highest BCUT2D eigenvalue weighted by Gasteiger charge is 2.18. The lowest BCUT2D eigenvalue weighted by Gasteiger charge is -2.11. The number of hydrogen-bond donors (Lipinski definition) is 1. The van der Waals surface area contributed by atoms with Crippen LogP contribution in [0.2, 0.25) is 5.02 Å². The molecule has 0 spiro atoms. The number of rotatable bonds is 7. The molecule has 0 radical (unpaired) electrons. The first-order chi connectivity index (χ1) is 16.6. The summed E-state index contributed by atoms with van der Waals surface area (Å²) < 4.78 is 4.43. The number of para-hydroxylation sites is 2. The molecule has 0 saturated carbocycles. The Labute approximate surface area is 208 Å². The highest BCUT2D eigenvalue weighted by Crippen LogP contribution is 2.26. The molecule has 0 fully saturated rings. The van der Waals surface area contributed by atoms with Crippen LogP contribution in [0.4, 0.5) is 5.69 Å². The van der Waals surface area contributed by atoms with E-state index in [1.807, 2.05) is 71.3 Å². The molecule has 0 bridgehead atoms. The summed E-state index contributed by atoms with van der Waals surface area (Å²) >= 11 is 8.71. The van der Waals surface area contributed by atoms with Crippen LogP contribution in [-0.4, -0.2) is 31.0 Å².